The maximum Gasteiger partial charge on any atom is 0.127 e. The van der Waals surface area contributed by atoms with E-state index in [0.29, 0.717) is 0 Å². The average Bonchev–Trinajstić information content (AvgIpc) is 2.86. The first kappa shape index (κ1) is 23.2. The average molecular weight is 405 g/mol. The lowest BCUT2D eigenvalue weighted by atomic mass is 10.2. The highest BCUT2D eigenvalue weighted by atomic mass is 16.5. The van der Waals surface area contributed by atoms with Gasteiger partial charge >= 0.3 is 0 Å². The van der Waals surface area contributed by atoms with Crippen LogP contribution >= 0.6 is 0 Å². The number of allylic oxidation sites excluding steroid dienone is 2. The van der Waals surface area contributed by atoms with Crippen LogP contribution in [0.15, 0.2) is 147 Å². The minimum Gasteiger partial charge on any atom is -0.457 e. The summed E-state index contributed by atoms with van der Waals surface area (Å²) in [7, 11) is 0. The molecule has 1 heteroatoms. The molecule has 0 bridgehead atoms. The van der Waals surface area contributed by atoms with Crippen molar-refractivity contribution in [2.75, 3.05) is 0 Å². The van der Waals surface area contributed by atoms with Crippen molar-refractivity contribution in [2.24, 2.45) is 0 Å². The molecule has 0 spiro atoms. The molecule has 0 radical (unpaired) electrons. The molecular formula is C30H28O. The van der Waals surface area contributed by atoms with Crippen LogP contribution in [0.5, 0.6) is 11.5 Å². The van der Waals surface area contributed by atoms with Crippen molar-refractivity contribution in [1.29, 1.82) is 0 Å². The second-order valence-corrected chi connectivity index (χ2v) is 6.27. The van der Waals surface area contributed by atoms with E-state index in [9.17, 15) is 0 Å². The third-order valence-corrected chi connectivity index (χ3v) is 4.01. The highest BCUT2D eigenvalue weighted by molar-refractivity contribution is 5.56. The lowest BCUT2D eigenvalue weighted by molar-refractivity contribution is 0.482. The number of ether oxygens (including phenoxy) is 1. The lowest BCUT2D eigenvalue weighted by Gasteiger charge is -2.03. The molecule has 0 aliphatic heterocycles. The zero-order chi connectivity index (χ0) is 22.0. The summed E-state index contributed by atoms with van der Waals surface area (Å²) in [4.78, 5) is 0. The van der Waals surface area contributed by atoms with E-state index in [1.165, 1.54) is 11.1 Å². The second-order valence-electron chi connectivity index (χ2n) is 6.27. The van der Waals surface area contributed by atoms with Gasteiger partial charge in [0.15, 0.2) is 0 Å². The molecule has 4 aromatic rings. The zero-order valence-electron chi connectivity index (χ0n) is 17.7. The molecule has 1 nitrogen and oxygen atoms in total. The first-order valence-corrected chi connectivity index (χ1v) is 10.1. The summed E-state index contributed by atoms with van der Waals surface area (Å²) in [6.45, 7) is 6.00. The van der Waals surface area contributed by atoms with E-state index in [1.807, 2.05) is 97.1 Å². The molecule has 0 heterocycles. The lowest BCUT2D eigenvalue weighted by Crippen LogP contribution is -1.81. The predicted molar refractivity (Wildman–Crippen MR) is 135 cm³/mol. The molecule has 0 atom stereocenters. The molecule has 0 N–H and O–H groups in total. The largest absolute Gasteiger partial charge is 0.457 e. The Kier molecular flexibility index (Phi) is 11.1. The monoisotopic (exact) mass is 404 g/mol. The van der Waals surface area contributed by atoms with Crippen molar-refractivity contribution in [3.63, 3.8) is 0 Å². The summed E-state index contributed by atoms with van der Waals surface area (Å²) in [6.07, 6.45) is 8.31. The quantitative estimate of drug-likeness (QED) is 0.239. The van der Waals surface area contributed by atoms with Crippen molar-refractivity contribution >= 4 is 12.2 Å². The Labute approximate surface area is 186 Å². The van der Waals surface area contributed by atoms with Crippen LogP contribution in [0.4, 0.5) is 0 Å². The van der Waals surface area contributed by atoms with Crippen LogP contribution in [0, 0.1) is 0 Å². The van der Waals surface area contributed by atoms with E-state index in [-0.39, 0.29) is 0 Å². The SMILES string of the molecule is C(/C=C/c1ccccc1)=C\c1ccccc1.C=C.c1ccc(Oc2ccccc2)cc1. The van der Waals surface area contributed by atoms with Crippen LogP contribution in [0.1, 0.15) is 11.1 Å². The van der Waals surface area contributed by atoms with E-state index in [0.717, 1.165) is 11.5 Å². The Bertz CT molecular complexity index is 920. The van der Waals surface area contributed by atoms with Crippen LogP contribution in [0.2, 0.25) is 0 Å². The molecule has 154 valence electrons. The molecule has 0 aliphatic carbocycles. The van der Waals surface area contributed by atoms with Gasteiger partial charge in [0.1, 0.15) is 11.5 Å². The van der Waals surface area contributed by atoms with Gasteiger partial charge in [-0.25, -0.2) is 0 Å². The van der Waals surface area contributed by atoms with Crippen molar-refractivity contribution in [3.05, 3.63) is 158 Å². The van der Waals surface area contributed by atoms with E-state index in [2.05, 4.69) is 61.7 Å². The molecule has 0 aliphatic rings. The first-order valence-electron chi connectivity index (χ1n) is 10.1. The second kappa shape index (κ2) is 14.8. The standard InChI is InChI=1S/C16H14.C12H10O.C2H4/c1-3-9-15(10-4-1)13-7-8-14-16-11-5-2-6-12-16;1-3-7-11(8-4-1)13-12-9-5-2-6-10-12;1-2/h1-14H;1-10H;1-2H2/b13-7+,14-8+;;. The van der Waals surface area contributed by atoms with E-state index >= 15 is 0 Å². The Morgan fingerprint density at radius 1 is 0.419 bits per heavy atom. The van der Waals surface area contributed by atoms with Gasteiger partial charge in [0.2, 0.25) is 0 Å². The number of hydrogen-bond acceptors (Lipinski definition) is 1. The van der Waals surface area contributed by atoms with Crippen LogP contribution in [-0.2, 0) is 0 Å². The molecule has 0 saturated carbocycles. The first-order chi connectivity index (χ1) is 15.4. The number of rotatable bonds is 5. The highest BCUT2D eigenvalue weighted by Gasteiger charge is 1.92. The summed E-state index contributed by atoms with van der Waals surface area (Å²) in [5.74, 6) is 1.74. The van der Waals surface area contributed by atoms with Gasteiger partial charge in [-0.3, -0.25) is 0 Å². The normalized spacial score (nSPS) is 9.94. The predicted octanol–water partition coefficient (Wildman–Crippen LogP) is 8.69. The van der Waals surface area contributed by atoms with Crippen molar-refractivity contribution in [2.45, 2.75) is 0 Å². The summed E-state index contributed by atoms with van der Waals surface area (Å²) < 4.78 is 5.58. The van der Waals surface area contributed by atoms with E-state index in [4.69, 9.17) is 4.74 Å². The maximum atomic E-state index is 5.58. The van der Waals surface area contributed by atoms with Gasteiger partial charge in [0, 0.05) is 0 Å². The third kappa shape index (κ3) is 9.78. The molecule has 0 saturated heterocycles. The zero-order valence-corrected chi connectivity index (χ0v) is 17.7. The summed E-state index contributed by atoms with van der Waals surface area (Å²) in [5, 5.41) is 0. The Hall–Kier alpha value is -4.10. The van der Waals surface area contributed by atoms with Gasteiger partial charge in [-0.2, -0.15) is 0 Å². The molecular weight excluding hydrogens is 376 g/mol. The fraction of sp³-hybridized carbons (Fsp3) is 0. The van der Waals surface area contributed by atoms with Gasteiger partial charge in [0.25, 0.3) is 0 Å². The molecule has 4 rings (SSSR count). The van der Waals surface area contributed by atoms with Gasteiger partial charge in [0.05, 0.1) is 0 Å². The van der Waals surface area contributed by atoms with Gasteiger partial charge in [-0.15, -0.1) is 13.2 Å². The molecule has 0 amide bonds. The molecule has 0 fully saturated rings. The smallest absolute Gasteiger partial charge is 0.127 e. The van der Waals surface area contributed by atoms with Crippen molar-refractivity contribution < 1.29 is 4.74 Å². The van der Waals surface area contributed by atoms with Crippen molar-refractivity contribution in [3.8, 4) is 11.5 Å². The van der Waals surface area contributed by atoms with Gasteiger partial charge in [-0.1, -0.05) is 121 Å². The van der Waals surface area contributed by atoms with E-state index < -0.39 is 0 Å². The van der Waals surface area contributed by atoms with Gasteiger partial charge < -0.3 is 4.74 Å². The highest BCUT2D eigenvalue weighted by Crippen LogP contribution is 2.19. The molecule has 4 aromatic carbocycles. The number of benzene rings is 4. The molecule has 31 heavy (non-hydrogen) atoms. The third-order valence-electron chi connectivity index (χ3n) is 4.01. The van der Waals surface area contributed by atoms with Gasteiger partial charge in [-0.05, 0) is 35.4 Å². The molecule has 0 aromatic heterocycles. The Morgan fingerprint density at radius 3 is 1.03 bits per heavy atom. The number of hydrogen-bond donors (Lipinski definition) is 0. The summed E-state index contributed by atoms with van der Waals surface area (Å²) in [5.41, 5.74) is 2.44. The summed E-state index contributed by atoms with van der Waals surface area (Å²) >= 11 is 0. The van der Waals surface area contributed by atoms with Crippen LogP contribution < -0.4 is 4.74 Å². The molecule has 0 unspecified atom stereocenters. The van der Waals surface area contributed by atoms with Crippen LogP contribution in [0.3, 0.4) is 0 Å². The van der Waals surface area contributed by atoms with Crippen LogP contribution in [0.25, 0.3) is 12.2 Å². The maximum absolute atomic E-state index is 5.58. The Balaban J connectivity index is 0.000000208. The Morgan fingerprint density at radius 2 is 0.710 bits per heavy atom. The summed E-state index contributed by atoms with van der Waals surface area (Å²) in [6, 6.07) is 40.1. The van der Waals surface area contributed by atoms with Crippen molar-refractivity contribution in [1.82, 2.24) is 0 Å². The minimum absolute atomic E-state index is 0.869. The fourth-order valence-corrected chi connectivity index (χ4v) is 2.57. The number of para-hydroxylation sites is 2. The van der Waals surface area contributed by atoms with E-state index in [1.54, 1.807) is 0 Å². The fourth-order valence-electron chi connectivity index (χ4n) is 2.57. The van der Waals surface area contributed by atoms with Crippen LogP contribution in [-0.4, -0.2) is 0 Å². The minimum atomic E-state index is 0.869. The topological polar surface area (TPSA) is 9.23 Å².